The van der Waals surface area contributed by atoms with Crippen molar-refractivity contribution >= 4 is 22.8 Å². The first kappa shape index (κ1) is 19.9. The van der Waals surface area contributed by atoms with Crippen LogP contribution in [0.5, 0.6) is 0 Å². The Morgan fingerprint density at radius 3 is 2.97 bits per heavy atom. The number of aromatic nitrogens is 3. The van der Waals surface area contributed by atoms with Crippen molar-refractivity contribution in [2.75, 3.05) is 24.6 Å². The number of carbonyl (C=O) groups is 1. The minimum atomic E-state index is -0.539. The fourth-order valence-corrected chi connectivity index (χ4v) is 5.05. The zero-order valence-electron chi connectivity index (χ0n) is 17.4. The number of nitrogens with one attached hydrogen (secondary N) is 2. The number of rotatable bonds is 5. The maximum atomic E-state index is 13.5. The monoisotopic (exact) mass is 423 g/mol. The largest absolute Gasteiger partial charge is 0.394 e. The summed E-state index contributed by atoms with van der Waals surface area (Å²) in [6.45, 7) is 3.08. The van der Waals surface area contributed by atoms with Gasteiger partial charge in [0.2, 0.25) is 5.91 Å². The van der Waals surface area contributed by atoms with Crippen molar-refractivity contribution in [3.63, 3.8) is 0 Å². The van der Waals surface area contributed by atoms with Crippen LogP contribution < -0.4 is 10.2 Å². The van der Waals surface area contributed by atoms with Gasteiger partial charge in [0.25, 0.3) is 0 Å². The molecule has 7 nitrogen and oxygen atoms in total. The number of halogens is 1. The highest BCUT2D eigenvalue weighted by molar-refractivity contribution is 5.88. The first-order valence-electron chi connectivity index (χ1n) is 10.7. The van der Waals surface area contributed by atoms with Gasteiger partial charge in [0, 0.05) is 25.2 Å². The Hall–Kier alpha value is -3.00. The number of amides is 1. The van der Waals surface area contributed by atoms with Crippen molar-refractivity contribution in [2.24, 2.45) is 11.3 Å². The fourth-order valence-electron chi connectivity index (χ4n) is 5.05. The number of H-pyrrole nitrogens is 1. The SMILES string of the molecule is Cc1cc(F)ccc1C(CO)NC(=O)[C@H]1CCN(c2ncnc3[nH]ccc23)CC12CC2. The first-order chi connectivity index (χ1) is 15.0. The first-order valence-corrected chi connectivity index (χ1v) is 10.7. The summed E-state index contributed by atoms with van der Waals surface area (Å²) in [7, 11) is 0. The van der Waals surface area contributed by atoms with Gasteiger partial charge in [-0.05, 0) is 60.9 Å². The Bertz CT molecular complexity index is 1130. The molecule has 1 aromatic carbocycles. The molecule has 2 aromatic heterocycles. The highest BCUT2D eigenvalue weighted by atomic mass is 19.1. The van der Waals surface area contributed by atoms with Crippen LogP contribution in [0.2, 0.25) is 0 Å². The molecule has 5 rings (SSSR count). The summed E-state index contributed by atoms with van der Waals surface area (Å²) in [6, 6.07) is 5.87. The molecule has 0 radical (unpaired) electrons. The number of anilines is 1. The Labute approximate surface area is 179 Å². The molecular formula is C23H26FN5O2. The smallest absolute Gasteiger partial charge is 0.224 e. The van der Waals surface area contributed by atoms with Gasteiger partial charge in [0.1, 0.15) is 23.6 Å². The van der Waals surface area contributed by atoms with Crippen LogP contribution in [0.4, 0.5) is 10.2 Å². The van der Waals surface area contributed by atoms with Gasteiger partial charge < -0.3 is 20.3 Å². The molecule has 1 saturated carbocycles. The number of aryl methyl sites for hydroxylation is 1. The Kier molecular flexibility index (Phi) is 4.89. The summed E-state index contributed by atoms with van der Waals surface area (Å²) in [4.78, 5) is 27.4. The highest BCUT2D eigenvalue weighted by Crippen LogP contribution is 2.56. The minimum Gasteiger partial charge on any atom is -0.394 e. The molecule has 2 aliphatic rings. The maximum absolute atomic E-state index is 13.5. The standard InChI is InChI=1S/C23H26FN5O2/c1-14-10-15(24)2-3-16(14)19(11-30)28-22(31)18-5-9-29(12-23(18)6-7-23)21-17-4-8-25-20(17)26-13-27-21/h2-4,8,10,13,18-19,30H,5-7,9,11-12H2,1H3,(H,28,31)(H,25,26,27)/t18-,19?/m1/s1. The summed E-state index contributed by atoms with van der Waals surface area (Å²) in [5.74, 6) is 0.442. The van der Waals surface area contributed by atoms with Crippen molar-refractivity contribution in [3.8, 4) is 0 Å². The van der Waals surface area contributed by atoms with Crippen LogP contribution in [0.25, 0.3) is 11.0 Å². The molecule has 2 atom stereocenters. The number of nitrogens with zero attached hydrogens (tertiary/aromatic N) is 3. The lowest BCUT2D eigenvalue weighted by Crippen LogP contribution is -2.49. The molecule has 0 bridgehead atoms. The highest BCUT2D eigenvalue weighted by Gasteiger charge is 2.55. The van der Waals surface area contributed by atoms with E-state index in [9.17, 15) is 14.3 Å². The quantitative estimate of drug-likeness (QED) is 0.587. The third-order valence-electron chi connectivity index (χ3n) is 6.88. The van der Waals surface area contributed by atoms with E-state index in [1.165, 1.54) is 12.1 Å². The molecule has 2 fully saturated rings. The summed E-state index contributed by atoms with van der Waals surface area (Å²) in [5.41, 5.74) is 2.22. The number of fused-ring (bicyclic) bond motifs is 1. The molecule has 1 spiro atoms. The van der Waals surface area contributed by atoms with Crippen LogP contribution in [-0.4, -0.2) is 45.7 Å². The molecule has 1 aliphatic heterocycles. The van der Waals surface area contributed by atoms with E-state index in [1.54, 1.807) is 19.3 Å². The number of aromatic amines is 1. The number of aliphatic hydroxyl groups is 1. The van der Waals surface area contributed by atoms with Crippen molar-refractivity contribution < 1.29 is 14.3 Å². The molecule has 1 unspecified atom stereocenters. The zero-order valence-corrected chi connectivity index (χ0v) is 17.4. The predicted molar refractivity (Wildman–Crippen MR) is 115 cm³/mol. The van der Waals surface area contributed by atoms with Gasteiger partial charge in [-0.3, -0.25) is 4.79 Å². The zero-order chi connectivity index (χ0) is 21.6. The lowest BCUT2D eigenvalue weighted by molar-refractivity contribution is -0.129. The normalized spacial score (nSPS) is 20.7. The van der Waals surface area contributed by atoms with Gasteiger partial charge in [-0.25, -0.2) is 14.4 Å². The average molecular weight is 423 g/mol. The Balaban J connectivity index is 1.33. The van der Waals surface area contributed by atoms with Gasteiger partial charge in [-0.2, -0.15) is 0 Å². The van der Waals surface area contributed by atoms with Crippen LogP contribution in [0, 0.1) is 24.1 Å². The molecule has 1 amide bonds. The number of carbonyl (C=O) groups excluding carboxylic acids is 1. The molecule has 8 heteroatoms. The van der Waals surface area contributed by atoms with Crippen LogP contribution in [-0.2, 0) is 4.79 Å². The third-order valence-corrected chi connectivity index (χ3v) is 6.88. The van der Waals surface area contributed by atoms with Crippen LogP contribution in [0.1, 0.15) is 36.4 Å². The van der Waals surface area contributed by atoms with Gasteiger partial charge in [-0.1, -0.05) is 6.07 Å². The number of benzene rings is 1. The van der Waals surface area contributed by atoms with E-state index in [0.29, 0.717) is 0 Å². The summed E-state index contributed by atoms with van der Waals surface area (Å²) in [6.07, 6.45) is 6.17. The summed E-state index contributed by atoms with van der Waals surface area (Å²) < 4.78 is 13.5. The van der Waals surface area contributed by atoms with Crippen molar-refractivity contribution in [3.05, 3.63) is 53.7 Å². The van der Waals surface area contributed by atoms with Gasteiger partial charge >= 0.3 is 0 Å². The lowest BCUT2D eigenvalue weighted by atomic mass is 9.81. The van der Waals surface area contributed by atoms with Crippen LogP contribution in [0.3, 0.4) is 0 Å². The van der Waals surface area contributed by atoms with E-state index in [4.69, 9.17) is 0 Å². The van der Waals surface area contributed by atoms with E-state index >= 15 is 0 Å². The number of aliphatic hydroxyl groups excluding tert-OH is 1. The molecule has 3 heterocycles. The van der Waals surface area contributed by atoms with Gasteiger partial charge in [0.05, 0.1) is 18.0 Å². The van der Waals surface area contributed by atoms with E-state index in [1.807, 2.05) is 12.3 Å². The molecule has 1 saturated heterocycles. The maximum Gasteiger partial charge on any atom is 0.224 e. The third kappa shape index (κ3) is 3.54. The number of piperidine rings is 1. The number of hydrogen-bond donors (Lipinski definition) is 3. The number of hydrogen-bond acceptors (Lipinski definition) is 5. The molecule has 3 aromatic rings. The van der Waals surface area contributed by atoms with Gasteiger partial charge in [0.15, 0.2) is 0 Å². The second-order valence-electron chi connectivity index (χ2n) is 8.81. The van der Waals surface area contributed by atoms with E-state index < -0.39 is 6.04 Å². The average Bonchev–Trinajstić information content (AvgIpc) is 3.33. The summed E-state index contributed by atoms with van der Waals surface area (Å²) in [5, 5.41) is 13.9. The molecular weight excluding hydrogens is 397 g/mol. The second-order valence-corrected chi connectivity index (χ2v) is 8.81. The van der Waals surface area contributed by atoms with Crippen molar-refractivity contribution in [1.29, 1.82) is 0 Å². The lowest BCUT2D eigenvalue weighted by Gasteiger charge is -2.39. The van der Waals surface area contributed by atoms with Crippen LogP contribution in [0.15, 0.2) is 36.8 Å². The second kappa shape index (κ2) is 7.60. The van der Waals surface area contributed by atoms with E-state index in [2.05, 4.69) is 25.2 Å². The Morgan fingerprint density at radius 1 is 1.39 bits per heavy atom. The van der Waals surface area contributed by atoms with Crippen LogP contribution >= 0.6 is 0 Å². The van der Waals surface area contributed by atoms with E-state index in [0.717, 1.165) is 60.3 Å². The Morgan fingerprint density at radius 2 is 2.23 bits per heavy atom. The minimum absolute atomic E-state index is 0.0330. The topological polar surface area (TPSA) is 94.1 Å². The van der Waals surface area contributed by atoms with Gasteiger partial charge in [-0.15, -0.1) is 0 Å². The summed E-state index contributed by atoms with van der Waals surface area (Å²) >= 11 is 0. The molecule has 3 N–H and O–H groups in total. The molecule has 162 valence electrons. The predicted octanol–water partition coefficient (Wildman–Crippen LogP) is 2.86. The van der Waals surface area contributed by atoms with Crippen molar-refractivity contribution in [1.82, 2.24) is 20.3 Å². The van der Waals surface area contributed by atoms with Crippen molar-refractivity contribution in [2.45, 2.75) is 32.2 Å². The molecule has 1 aliphatic carbocycles. The molecule has 31 heavy (non-hydrogen) atoms. The van der Waals surface area contributed by atoms with E-state index in [-0.39, 0.29) is 29.7 Å². The fraction of sp³-hybridized carbons (Fsp3) is 0.435.